The maximum absolute atomic E-state index is 12.8. The molecule has 1 heterocycles. The van der Waals surface area contributed by atoms with Crippen molar-refractivity contribution < 1.29 is 19.0 Å². The highest BCUT2D eigenvalue weighted by atomic mass is 35.5. The van der Waals surface area contributed by atoms with Crippen LogP contribution in [0.2, 0.25) is 5.02 Å². The molecule has 0 saturated carbocycles. The monoisotopic (exact) mass is 479 g/mol. The topological polar surface area (TPSA) is 74.6 Å². The molecule has 1 aromatic heterocycles. The van der Waals surface area contributed by atoms with Crippen LogP contribution in [0.15, 0.2) is 66.7 Å². The van der Waals surface area contributed by atoms with Gasteiger partial charge in [-0.1, -0.05) is 35.9 Å². The van der Waals surface area contributed by atoms with E-state index in [4.69, 9.17) is 30.8 Å². The highest BCUT2D eigenvalue weighted by Gasteiger charge is 2.14. The lowest BCUT2D eigenvalue weighted by Crippen LogP contribution is -2.25. The molecule has 34 heavy (non-hydrogen) atoms. The third-order valence-electron chi connectivity index (χ3n) is 5.41. The maximum Gasteiger partial charge on any atom is 0.251 e. The minimum atomic E-state index is -0.221. The second-order valence-corrected chi connectivity index (χ2v) is 7.96. The number of hydrogen-bond donors (Lipinski definition) is 1. The summed E-state index contributed by atoms with van der Waals surface area (Å²) in [4.78, 5) is 17.5. The Balaban J connectivity index is 1.44. The van der Waals surface area contributed by atoms with Crippen LogP contribution < -0.4 is 19.5 Å². The zero-order chi connectivity index (χ0) is 23.9. The lowest BCUT2D eigenvalue weighted by molar-refractivity contribution is 0.0949. The summed E-state index contributed by atoms with van der Waals surface area (Å²) in [5.74, 6) is 2.29. The molecular formula is C26H26ClN3O4. The van der Waals surface area contributed by atoms with Crippen molar-refractivity contribution in [3.63, 3.8) is 0 Å². The van der Waals surface area contributed by atoms with E-state index in [9.17, 15) is 4.79 Å². The van der Waals surface area contributed by atoms with Gasteiger partial charge < -0.3 is 24.1 Å². The minimum Gasteiger partial charge on any atom is -0.493 e. The summed E-state index contributed by atoms with van der Waals surface area (Å²) < 4.78 is 18.5. The quantitative estimate of drug-likeness (QED) is 0.320. The maximum atomic E-state index is 12.8. The van der Waals surface area contributed by atoms with E-state index < -0.39 is 0 Å². The Morgan fingerprint density at radius 2 is 1.74 bits per heavy atom. The number of halogens is 1. The zero-order valence-corrected chi connectivity index (χ0v) is 19.8. The summed E-state index contributed by atoms with van der Waals surface area (Å²) in [6.07, 6.45) is 0.752. The molecule has 4 aromatic rings. The Morgan fingerprint density at radius 3 is 2.53 bits per heavy atom. The van der Waals surface area contributed by atoms with Crippen molar-refractivity contribution >= 4 is 28.5 Å². The molecule has 0 aliphatic carbocycles. The van der Waals surface area contributed by atoms with E-state index in [0.717, 1.165) is 23.3 Å². The Kier molecular flexibility index (Phi) is 7.54. The zero-order valence-electron chi connectivity index (χ0n) is 19.1. The third-order valence-corrected chi connectivity index (χ3v) is 5.72. The highest BCUT2D eigenvalue weighted by molar-refractivity contribution is 6.32. The van der Waals surface area contributed by atoms with E-state index in [2.05, 4.69) is 9.88 Å². The molecule has 7 nitrogen and oxygen atoms in total. The van der Waals surface area contributed by atoms with Crippen LogP contribution in [0.25, 0.3) is 11.0 Å². The molecule has 0 saturated heterocycles. The first-order valence-electron chi connectivity index (χ1n) is 10.9. The number of nitrogens with one attached hydrogen (secondary N) is 1. The van der Waals surface area contributed by atoms with Crippen molar-refractivity contribution in [2.45, 2.75) is 19.5 Å². The van der Waals surface area contributed by atoms with E-state index in [1.54, 1.807) is 31.4 Å². The number of carbonyl (C=O) groups is 1. The molecule has 0 unspecified atom stereocenters. The lowest BCUT2D eigenvalue weighted by Gasteiger charge is -2.12. The molecule has 176 valence electrons. The van der Waals surface area contributed by atoms with Gasteiger partial charge >= 0.3 is 0 Å². The van der Waals surface area contributed by atoms with Gasteiger partial charge in [-0.25, -0.2) is 4.98 Å². The van der Waals surface area contributed by atoms with Gasteiger partial charge in [-0.15, -0.1) is 0 Å². The number of para-hydroxylation sites is 3. The van der Waals surface area contributed by atoms with Crippen molar-refractivity contribution in [1.82, 2.24) is 14.9 Å². The largest absolute Gasteiger partial charge is 0.493 e. The lowest BCUT2D eigenvalue weighted by atomic mass is 10.2. The van der Waals surface area contributed by atoms with Crippen molar-refractivity contribution in [3.05, 3.63) is 83.1 Å². The highest BCUT2D eigenvalue weighted by Crippen LogP contribution is 2.27. The summed E-state index contributed by atoms with van der Waals surface area (Å²) in [5.41, 5.74) is 2.37. The minimum absolute atomic E-state index is 0.221. The van der Waals surface area contributed by atoms with Gasteiger partial charge in [0.1, 0.15) is 11.6 Å². The van der Waals surface area contributed by atoms with Crippen molar-refractivity contribution in [1.29, 1.82) is 0 Å². The molecule has 4 rings (SSSR count). The molecule has 0 atom stereocenters. The van der Waals surface area contributed by atoms with Crippen LogP contribution in [0.1, 0.15) is 22.6 Å². The SMILES string of the molecule is COc1ccc(C(=O)NCc2nc3ccccc3n2CCCOc2ccccc2Cl)cc1OC. The van der Waals surface area contributed by atoms with E-state index in [0.29, 0.717) is 41.0 Å². The van der Waals surface area contributed by atoms with E-state index in [1.807, 2.05) is 42.5 Å². The van der Waals surface area contributed by atoms with Crippen molar-refractivity contribution in [2.75, 3.05) is 20.8 Å². The molecule has 0 aliphatic heterocycles. The van der Waals surface area contributed by atoms with Gasteiger partial charge in [0.25, 0.3) is 5.91 Å². The standard InChI is InChI=1S/C26H26ClN3O4/c1-32-23-13-12-18(16-24(23)33-2)26(31)28-17-25-29-20-9-4-5-10-21(20)30(25)14-7-15-34-22-11-6-3-8-19(22)27/h3-6,8-13,16H,7,14-15,17H2,1-2H3,(H,28,31). The number of imidazole rings is 1. The van der Waals surface area contributed by atoms with Crippen LogP contribution >= 0.6 is 11.6 Å². The van der Waals surface area contributed by atoms with Gasteiger partial charge in [-0.2, -0.15) is 0 Å². The van der Waals surface area contributed by atoms with Crippen LogP contribution in [0, 0.1) is 0 Å². The smallest absolute Gasteiger partial charge is 0.251 e. The normalized spacial score (nSPS) is 10.8. The fourth-order valence-electron chi connectivity index (χ4n) is 3.72. The Hall–Kier alpha value is -3.71. The van der Waals surface area contributed by atoms with Gasteiger partial charge in [0, 0.05) is 12.1 Å². The summed E-state index contributed by atoms with van der Waals surface area (Å²) in [6, 6.07) is 20.4. The number of hydrogen-bond acceptors (Lipinski definition) is 5. The molecule has 0 fully saturated rings. The third kappa shape index (κ3) is 5.26. The summed E-state index contributed by atoms with van der Waals surface area (Å²) >= 11 is 6.17. The first-order chi connectivity index (χ1) is 16.6. The van der Waals surface area contributed by atoms with Crippen LogP contribution in [-0.4, -0.2) is 36.3 Å². The van der Waals surface area contributed by atoms with E-state index in [-0.39, 0.29) is 12.5 Å². The first-order valence-corrected chi connectivity index (χ1v) is 11.3. The molecule has 1 N–H and O–H groups in total. The van der Waals surface area contributed by atoms with Crippen molar-refractivity contribution in [3.8, 4) is 17.2 Å². The molecular weight excluding hydrogens is 454 g/mol. The number of aromatic nitrogens is 2. The first kappa shape index (κ1) is 23.4. The number of fused-ring (bicyclic) bond motifs is 1. The molecule has 8 heteroatoms. The Labute approximate surface area is 203 Å². The van der Waals surface area contributed by atoms with Gasteiger partial charge in [-0.05, 0) is 48.9 Å². The number of rotatable bonds is 10. The average Bonchev–Trinajstić information content (AvgIpc) is 3.23. The van der Waals surface area contributed by atoms with Gasteiger partial charge in [0.05, 0.1) is 43.4 Å². The van der Waals surface area contributed by atoms with Crippen LogP contribution in [0.3, 0.4) is 0 Å². The van der Waals surface area contributed by atoms with Crippen molar-refractivity contribution in [2.24, 2.45) is 0 Å². The molecule has 0 radical (unpaired) electrons. The van der Waals surface area contributed by atoms with Crippen LogP contribution in [0.4, 0.5) is 0 Å². The molecule has 0 aliphatic rings. The van der Waals surface area contributed by atoms with Crippen LogP contribution in [-0.2, 0) is 13.1 Å². The van der Waals surface area contributed by atoms with Gasteiger partial charge in [0.15, 0.2) is 11.5 Å². The number of amides is 1. The second kappa shape index (κ2) is 10.9. The Morgan fingerprint density at radius 1 is 0.971 bits per heavy atom. The number of carbonyl (C=O) groups excluding carboxylic acids is 1. The summed E-state index contributed by atoms with van der Waals surface area (Å²) in [5, 5.41) is 3.55. The van der Waals surface area contributed by atoms with E-state index >= 15 is 0 Å². The predicted molar refractivity (Wildman–Crippen MR) is 132 cm³/mol. The van der Waals surface area contributed by atoms with Gasteiger partial charge in [0.2, 0.25) is 0 Å². The number of ether oxygens (including phenoxy) is 3. The van der Waals surface area contributed by atoms with Crippen LogP contribution in [0.5, 0.6) is 17.2 Å². The van der Waals surface area contributed by atoms with Gasteiger partial charge in [-0.3, -0.25) is 4.79 Å². The number of methoxy groups -OCH3 is 2. The molecule has 0 spiro atoms. The summed E-state index contributed by atoms with van der Waals surface area (Å²) in [7, 11) is 3.10. The van der Waals surface area contributed by atoms with E-state index in [1.165, 1.54) is 7.11 Å². The number of nitrogens with zero attached hydrogens (tertiary/aromatic N) is 2. The molecule has 0 bridgehead atoms. The molecule has 1 amide bonds. The molecule has 3 aromatic carbocycles. The number of aryl methyl sites for hydroxylation is 1. The predicted octanol–water partition coefficient (Wildman–Crippen LogP) is 5.11. The summed E-state index contributed by atoms with van der Waals surface area (Å²) in [6.45, 7) is 1.48. The fourth-order valence-corrected chi connectivity index (χ4v) is 3.91. The Bertz CT molecular complexity index is 1290. The average molecular weight is 480 g/mol. The number of benzene rings is 3. The second-order valence-electron chi connectivity index (χ2n) is 7.55. The fraction of sp³-hybridized carbons (Fsp3) is 0.231.